The first-order valence-electron chi connectivity index (χ1n) is 4.12. The highest BCUT2D eigenvalue weighted by Crippen LogP contribution is 1.99. The van der Waals surface area contributed by atoms with E-state index in [-0.39, 0.29) is 0 Å². The maximum Gasteiger partial charge on any atom is 0.216 e. The number of nitrogens with zero attached hydrogens (tertiary/aromatic N) is 2. The molecular formula is C8H16N2O. The maximum atomic E-state index is 5.10. The number of aryl methyl sites for hydroxylation is 2. The van der Waals surface area contributed by atoms with Gasteiger partial charge in [-0.25, -0.2) is 0 Å². The number of hydrogen-bond donors (Lipinski definition) is 0. The van der Waals surface area contributed by atoms with Gasteiger partial charge in [-0.3, -0.25) is 0 Å². The van der Waals surface area contributed by atoms with Crippen LogP contribution < -0.4 is 0 Å². The lowest BCUT2D eigenvalue weighted by atomic mass is 10.3. The predicted octanol–water partition coefficient (Wildman–Crippen LogP) is 2.36. The molecule has 0 aromatic carbocycles. The highest BCUT2D eigenvalue weighted by Gasteiger charge is 1.97. The van der Waals surface area contributed by atoms with Crippen LogP contribution in [0, 0.1) is 6.92 Å². The Balaban J connectivity index is 0.000000461. The largest absolute Gasteiger partial charge is 0.426 e. The van der Waals surface area contributed by atoms with Crippen LogP contribution in [0.4, 0.5) is 0 Å². The normalized spacial score (nSPS) is 8.73. The molecule has 3 heteroatoms. The molecule has 0 aliphatic carbocycles. The summed E-state index contributed by atoms with van der Waals surface area (Å²) in [4.78, 5) is 0. The molecule has 0 spiro atoms. The molecular weight excluding hydrogens is 140 g/mol. The van der Waals surface area contributed by atoms with Crippen molar-refractivity contribution in [1.82, 2.24) is 10.2 Å². The zero-order chi connectivity index (χ0) is 8.69. The van der Waals surface area contributed by atoms with Crippen molar-refractivity contribution in [3.8, 4) is 0 Å². The molecule has 0 saturated carbocycles. The van der Waals surface area contributed by atoms with Crippen molar-refractivity contribution in [2.45, 2.75) is 40.5 Å². The molecule has 0 fully saturated rings. The second-order valence-electron chi connectivity index (χ2n) is 1.96. The van der Waals surface area contributed by atoms with Crippen LogP contribution in [-0.4, -0.2) is 10.2 Å². The topological polar surface area (TPSA) is 38.9 Å². The van der Waals surface area contributed by atoms with Crippen LogP contribution in [0.2, 0.25) is 0 Å². The third-order valence-corrected chi connectivity index (χ3v) is 1.03. The van der Waals surface area contributed by atoms with Crippen LogP contribution in [0.3, 0.4) is 0 Å². The Bertz CT molecular complexity index is 184. The van der Waals surface area contributed by atoms with Gasteiger partial charge in [0.1, 0.15) is 0 Å². The lowest BCUT2D eigenvalue weighted by molar-refractivity contribution is 0.465. The van der Waals surface area contributed by atoms with E-state index in [4.69, 9.17) is 4.42 Å². The fourth-order valence-corrected chi connectivity index (χ4v) is 0.652. The van der Waals surface area contributed by atoms with Crippen LogP contribution in [0.25, 0.3) is 0 Å². The summed E-state index contributed by atoms with van der Waals surface area (Å²) in [5, 5.41) is 7.51. The Hall–Kier alpha value is -0.860. The Labute approximate surface area is 67.8 Å². The van der Waals surface area contributed by atoms with Gasteiger partial charge in [-0.2, -0.15) is 0 Å². The second kappa shape index (κ2) is 5.89. The molecule has 0 bridgehead atoms. The van der Waals surface area contributed by atoms with Gasteiger partial charge in [0.2, 0.25) is 11.8 Å². The summed E-state index contributed by atoms with van der Waals surface area (Å²) in [6.45, 7) is 7.88. The molecule has 1 heterocycles. The van der Waals surface area contributed by atoms with E-state index >= 15 is 0 Å². The second-order valence-corrected chi connectivity index (χ2v) is 1.96. The van der Waals surface area contributed by atoms with Gasteiger partial charge in [0.25, 0.3) is 0 Å². The Morgan fingerprint density at radius 3 is 2.27 bits per heavy atom. The van der Waals surface area contributed by atoms with Crippen molar-refractivity contribution in [3.63, 3.8) is 0 Å². The lowest BCUT2D eigenvalue weighted by Gasteiger charge is -1.83. The smallest absolute Gasteiger partial charge is 0.216 e. The van der Waals surface area contributed by atoms with E-state index in [1.165, 1.54) is 0 Å². The summed E-state index contributed by atoms with van der Waals surface area (Å²) in [6.07, 6.45) is 1.95. The third-order valence-electron chi connectivity index (χ3n) is 1.03. The zero-order valence-corrected chi connectivity index (χ0v) is 7.72. The number of hydrogen-bond acceptors (Lipinski definition) is 3. The molecule has 0 N–H and O–H groups in total. The zero-order valence-electron chi connectivity index (χ0n) is 7.72. The van der Waals surface area contributed by atoms with Crippen LogP contribution in [0.5, 0.6) is 0 Å². The summed E-state index contributed by atoms with van der Waals surface area (Å²) in [6, 6.07) is 0. The van der Waals surface area contributed by atoms with Gasteiger partial charge < -0.3 is 4.42 Å². The van der Waals surface area contributed by atoms with Gasteiger partial charge in [-0.15, -0.1) is 10.2 Å². The molecule has 0 aliphatic heterocycles. The SMILES string of the molecule is CC.CCCc1nnc(C)o1. The minimum atomic E-state index is 0.651. The van der Waals surface area contributed by atoms with E-state index in [0.29, 0.717) is 5.89 Å². The average Bonchev–Trinajstić information content (AvgIpc) is 2.41. The molecule has 1 aromatic heterocycles. The van der Waals surface area contributed by atoms with Crippen LogP contribution in [-0.2, 0) is 6.42 Å². The van der Waals surface area contributed by atoms with Gasteiger partial charge in [-0.05, 0) is 6.42 Å². The number of aromatic nitrogens is 2. The highest BCUT2D eigenvalue weighted by molar-refractivity contribution is 4.77. The molecule has 0 unspecified atom stereocenters. The Morgan fingerprint density at radius 1 is 1.27 bits per heavy atom. The van der Waals surface area contributed by atoms with Gasteiger partial charge in [0.15, 0.2) is 0 Å². The van der Waals surface area contributed by atoms with Crippen molar-refractivity contribution >= 4 is 0 Å². The van der Waals surface area contributed by atoms with Gasteiger partial charge in [-0.1, -0.05) is 20.8 Å². The van der Waals surface area contributed by atoms with Crippen LogP contribution >= 0.6 is 0 Å². The molecule has 11 heavy (non-hydrogen) atoms. The van der Waals surface area contributed by atoms with Crippen molar-refractivity contribution in [2.75, 3.05) is 0 Å². The maximum absolute atomic E-state index is 5.10. The highest BCUT2D eigenvalue weighted by atomic mass is 16.4. The van der Waals surface area contributed by atoms with E-state index in [1.807, 2.05) is 13.8 Å². The molecule has 64 valence electrons. The first-order chi connectivity index (χ1) is 5.33. The van der Waals surface area contributed by atoms with Gasteiger partial charge in [0, 0.05) is 13.3 Å². The first kappa shape index (κ1) is 10.1. The standard InChI is InChI=1S/C6H10N2O.C2H6/c1-3-4-6-8-7-5(2)9-6;1-2/h3-4H2,1-2H3;1-2H3. The molecule has 3 nitrogen and oxygen atoms in total. The average molecular weight is 156 g/mol. The first-order valence-corrected chi connectivity index (χ1v) is 4.12. The van der Waals surface area contributed by atoms with Crippen molar-refractivity contribution < 1.29 is 4.42 Å². The van der Waals surface area contributed by atoms with Gasteiger partial charge >= 0.3 is 0 Å². The molecule has 0 aliphatic rings. The molecule has 0 saturated heterocycles. The summed E-state index contributed by atoms with van der Waals surface area (Å²) < 4.78 is 5.10. The fourth-order valence-electron chi connectivity index (χ4n) is 0.652. The fraction of sp³-hybridized carbons (Fsp3) is 0.750. The summed E-state index contributed by atoms with van der Waals surface area (Å²) in [5.74, 6) is 1.40. The van der Waals surface area contributed by atoms with E-state index in [2.05, 4.69) is 17.1 Å². The molecule has 0 radical (unpaired) electrons. The molecule has 1 rings (SSSR count). The van der Waals surface area contributed by atoms with E-state index in [0.717, 1.165) is 18.7 Å². The monoisotopic (exact) mass is 156 g/mol. The quantitative estimate of drug-likeness (QED) is 0.659. The molecule has 0 atom stereocenters. The van der Waals surface area contributed by atoms with Gasteiger partial charge in [0.05, 0.1) is 0 Å². The summed E-state index contributed by atoms with van der Waals surface area (Å²) in [7, 11) is 0. The minimum absolute atomic E-state index is 0.651. The van der Waals surface area contributed by atoms with Crippen molar-refractivity contribution in [3.05, 3.63) is 11.8 Å². The predicted molar refractivity (Wildman–Crippen MR) is 44.4 cm³/mol. The van der Waals surface area contributed by atoms with E-state index in [9.17, 15) is 0 Å². The van der Waals surface area contributed by atoms with Crippen molar-refractivity contribution in [1.29, 1.82) is 0 Å². The summed E-state index contributed by atoms with van der Waals surface area (Å²) in [5.41, 5.74) is 0. The van der Waals surface area contributed by atoms with Crippen molar-refractivity contribution in [2.24, 2.45) is 0 Å². The number of rotatable bonds is 2. The summed E-state index contributed by atoms with van der Waals surface area (Å²) >= 11 is 0. The van der Waals surface area contributed by atoms with Crippen LogP contribution in [0.15, 0.2) is 4.42 Å². The van der Waals surface area contributed by atoms with E-state index in [1.54, 1.807) is 6.92 Å². The third kappa shape index (κ3) is 3.75. The molecule has 1 aromatic rings. The lowest BCUT2D eigenvalue weighted by Crippen LogP contribution is -1.80. The Kier molecular flexibility index (Phi) is 5.43. The van der Waals surface area contributed by atoms with Crippen LogP contribution in [0.1, 0.15) is 39.0 Å². The molecule has 0 amide bonds. The Morgan fingerprint density at radius 2 is 1.91 bits per heavy atom. The minimum Gasteiger partial charge on any atom is -0.426 e. The van der Waals surface area contributed by atoms with E-state index < -0.39 is 0 Å².